The number of carboxylic acid groups (broad SMARTS) is 1. The largest absolute Gasteiger partial charge is 0.480 e. The normalized spacial score (nSPS) is 16.3. The van der Waals surface area contributed by atoms with Crippen molar-refractivity contribution in [1.82, 2.24) is 25.9 Å². The van der Waals surface area contributed by atoms with Gasteiger partial charge in [0.05, 0.1) is 24.9 Å². The Bertz CT molecular complexity index is 859. The number of imidazole rings is 1. The fraction of sp³-hybridized carbons (Fsp3) is 0.600. The van der Waals surface area contributed by atoms with Gasteiger partial charge in [-0.2, -0.15) is 0 Å². The number of carboxylic acids is 1. The molecular formula is C20H33N7O7. The first kappa shape index (κ1) is 28.5. The van der Waals surface area contributed by atoms with E-state index in [1.165, 1.54) is 19.4 Å². The molecule has 1 heterocycles. The lowest BCUT2D eigenvalue weighted by molar-refractivity contribution is -0.142. The number of H-pyrrole nitrogens is 1. The van der Waals surface area contributed by atoms with E-state index in [2.05, 4.69) is 25.9 Å². The maximum Gasteiger partial charge on any atom is 0.326 e. The summed E-state index contributed by atoms with van der Waals surface area (Å²) in [4.78, 5) is 67.1. The van der Waals surface area contributed by atoms with Crippen LogP contribution in [0, 0.1) is 5.92 Å². The molecular weight excluding hydrogens is 450 g/mol. The van der Waals surface area contributed by atoms with Gasteiger partial charge in [-0.05, 0) is 12.8 Å². The van der Waals surface area contributed by atoms with Gasteiger partial charge in [0.25, 0.3) is 0 Å². The minimum absolute atomic E-state index is 0.0631. The molecule has 0 saturated carbocycles. The Morgan fingerprint density at radius 2 is 1.65 bits per heavy atom. The maximum absolute atomic E-state index is 12.9. The second-order valence-electron chi connectivity index (χ2n) is 8.06. The Morgan fingerprint density at radius 3 is 2.12 bits per heavy atom. The van der Waals surface area contributed by atoms with Gasteiger partial charge in [-0.15, -0.1) is 0 Å². The second kappa shape index (κ2) is 13.3. The summed E-state index contributed by atoms with van der Waals surface area (Å²) in [5.74, 6) is -5.07. The van der Waals surface area contributed by atoms with Crippen LogP contribution in [0.3, 0.4) is 0 Å². The van der Waals surface area contributed by atoms with Gasteiger partial charge in [0.2, 0.25) is 23.6 Å². The molecule has 0 aliphatic carbocycles. The number of amides is 4. The number of primary amides is 1. The summed E-state index contributed by atoms with van der Waals surface area (Å²) in [6.07, 6.45) is 1.34. The highest BCUT2D eigenvalue weighted by Crippen LogP contribution is 2.10. The molecule has 6 atom stereocenters. The lowest BCUT2D eigenvalue weighted by atomic mass is 9.97. The Hall–Kier alpha value is -3.52. The number of aliphatic carboxylic acids is 1. The van der Waals surface area contributed by atoms with Crippen LogP contribution in [0.2, 0.25) is 0 Å². The molecule has 190 valence electrons. The molecule has 0 aliphatic rings. The molecule has 1 aromatic rings. The average molecular weight is 484 g/mol. The van der Waals surface area contributed by atoms with E-state index in [0.29, 0.717) is 12.1 Å². The van der Waals surface area contributed by atoms with E-state index in [1.807, 2.05) is 0 Å². The summed E-state index contributed by atoms with van der Waals surface area (Å²) in [5, 5.41) is 26.6. The van der Waals surface area contributed by atoms with E-state index >= 15 is 0 Å². The fourth-order valence-electron chi connectivity index (χ4n) is 3.00. The predicted molar refractivity (Wildman–Crippen MR) is 119 cm³/mol. The number of aliphatic hydroxyl groups excluding tert-OH is 1. The summed E-state index contributed by atoms with van der Waals surface area (Å²) >= 11 is 0. The van der Waals surface area contributed by atoms with E-state index < -0.39 is 72.2 Å². The van der Waals surface area contributed by atoms with Gasteiger partial charge in [0.1, 0.15) is 18.1 Å². The number of aromatic nitrogens is 2. The van der Waals surface area contributed by atoms with E-state index in [-0.39, 0.29) is 6.42 Å². The molecule has 1 rings (SSSR count). The van der Waals surface area contributed by atoms with Gasteiger partial charge in [0, 0.05) is 18.3 Å². The van der Waals surface area contributed by atoms with Crippen LogP contribution in [0.4, 0.5) is 0 Å². The third-order valence-corrected chi connectivity index (χ3v) is 5.21. The smallest absolute Gasteiger partial charge is 0.326 e. The number of rotatable bonds is 14. The first-order chi connectivity index (χ1) is 15.9. The van der Waals surface area contributed by atoms with Crippen LogP contribution < -0.4 is 27.4 Å². The molecule has 0 spiro atoms. The lowest BCUT2D eigenvalue weighted by Gasteiger charge is -2.29. The standard InChI is InChI=1S/C20H33N7O7/c1-4-9(2)15(18(31)25-13(20(33)34)5-11-7-23-8-24-11)26-19(32)16(10(3)28)27-17(30)12(21)6-14(22)29/h7-10,12-13,15-16,28H,4-6,21H2,1-3H3,(H2,22,29)(H,23,24)(H,25,31)(H,26,32)(H,27,30)(H,33,34). The van der Waals surface area contributed by atoms with Crippen molar-refractivity contribution < 1.29 is 34.2 Å². The Kier molecular flexibility index (Phi) is 11.1. The van der Waals surface area contributed by atoms with Crippen molar-refractivity contribution >= 4 is 29.6 Å². The number of nitrogens with two attached hydrogens (primary N) is 2. The van der Waals surface area contributed by atoms with E-state index in [1.54, 1.807) is 13.8 Å². The maximum atomic E-state index is 12.9. The lowest BCUT2D eigenvalue weighted by Crippen LogP contribution is -2.61. The zero-order valence-corrected chi connectivity index (χ0v) is 19.3. The van der Waals surface area contributed by atoms with E-state index in [0.717, 1.165) is 0 Å². The van der Waals surface area contributed by atoms with Gasteiger partial charge in [-0.1, -0.05) is 20.3 Å². The van der Waals surface area contributed by atoms with Crippen LogP contribution >= 0.6 is 0 Å². The van der Waals surface area contributed by atoms with Crippen molar-refractivity contribution in [3.8, 4) is 0 Å². The Balaban J connectivity index is 2.97. The molecule has 0 radical (unpaired) electrons. The Labute approximate surface area is 196 Å². The van der Waals surface area contributed by atoms with Crippen LogP contribution in [0.1, 0.15) is 39.3 Å². The molecule has 0 aromatic carbocycles. The zero-order valence-electron chi connectivity index (χ0n) is 19.3. The van der Waals surface area contributed by atoms with Crippen LogP contribution in [0.5, 0.6) is 0 Å². The topological polar surface area (TPSA) is 243 Å². The highest BCUT2D eigenvalue weighted by atomic mass is 16.4. The number of nitrogens with zero attached hydrogens (tertiary/aromatic N) is 1. The van der Waals surface area contributed by atoms with Gasteiger partial charge in [0.15, 0.2) is 0 Å². The number of hydrogen-bond donors (Lipinski definition) is 8. The van der Waals surface area contributed by atoms with Gasteiger partial charge in [-0.25, -0.2) is 9.78 Å². The first-order valence-electron chi connectivity index (χ1n) is 10.7. The van der Waals surface area contributed by atoms with Crippen molar-refractivity contribution in [2.45, 2.75) is 70.3 Å². The second-order valence-corrected chi connectivity index (χ2v) is 8.06. The Morgan fingerprint density at radius 1 is 1.06 bits per heavy atom. The number of nitrogens with one attached hydrogen (secondary N) is 4. The van der Waals surface area contributed by atoms with E-state index in [9.17, 15) is 34.2 Å². The van der Waals surface area contributed by atoms with Gasteiger partial charge < -0.3 is 42.6 Å². The van der Waals surface area contributed by atoms with Crippen molar-refractivity contribution in [3.05, 3.63) is 18.2 Å². The van der Waals surface area contributed by atoms with Crippen LogP contribution in [-0.2, 0) is 30.4 Å². The van der Waals surface area contributed by atoms with Crippen molar-refractivity contribution in [2.75, 3.05) is 0 Å². The highest BCUT2D eigenvalue weighted by molar-refractivity contribution is 5.95. The summed E-state index contributed by atoms with van der Waals surface area (Å²) in [7, 11) is 0. The number of carbonyl (C=O) groups is 5. The predicted octanol–water partition coefficient (Wildman–Crippen LogP) is -2.88. The average Bonchev–Trinajstić information content (AvgIpc) is 3.26. The highest BCUT2D eigenvalue weighted by Gasteiger charge is 2.34. The van der Waals surface area contributed by atoms with Gasteiger partial charge >= 0.3 is 5.97 Å². The number of carbonyl (C=O) groups excluding carboxylic acids is 4. The number of aromatic amines is 1. The molecule has 0 bridgehead atoms. The summed E-state index contributed by atoms with van der Waals surface area (Å²) < 4.78 is 0. The zero-order chi connectivity index (χ0) is 26.0. The minimum Gasteiger partial charge on any atom is -0.480 e. The van der Waals surface area contributed by atoms with Crippen LogP contribution in [0.15, 0.2) is 12.5 Å². The van der Waals surface area contributed by atoms with E-state index in [4.69, 9.17) is 11.5 Å². The molecule has 10 N–H and O–H groups in total. The van der Waals surface area contributed by atoms with Gasteiger partial charge in [-0.3, -0.25) is 19.2 Å². The summed E-state index contributed by atoms with van der Waals surface area (Å²) in [6, 6.07) is -5.29. The molecule has 34 heavy (non-hydrogen) atoms. The first-order valence-corrected chi connectivity index (χ1v) is 10.7. The third kappa shape index (κ3) is 8.78. The monoisotopic (exact) mass is 483 g/mol. The van der Waals surface area contributed by atoms with Crippen molar-refractivity contribution in [2.24, 2.45) is 17.4 Å². The fourth-order valence-corrected chi connectivity index (χ4v) is 3.00. The molecule has 4 amide bonds. The van der Waals surface area contributed by atoms with Crippen molar-refractivity contribution in [3.63, 3.8) is 0 Å². The summed E-state index contributed by atoms with van der Waals surface area (Å²) in [5.41, 5.74) is 11.1. The molecule has 0 aliphatic heterocycles. The summed E-state index contributed by atoms with van der Waals surface area (Å²) in [6.45, 7) is 4.69. The number of aliphatic hydroxyl groups is 1. The molecule has 0 saturated heterocycles. The minimum atomic E-state index is -1.49. The SMILES string of the molecule is CCC(C)C(NC(=O)C(NC(=O)C(N)CC(N)=O)C(C)O)C(=O)NC(Cc1cnc[nH]1)C(=O)O. The van der Waals surface area contributed by atoms with Crippen LogP contribution in [-0.4, -0.2) is 80.1 Å². The number of hydrogen-bond acceptors (Lipinski definition) is 8. The quantitative estimate of drug-likeness (QED) is 0.135. The van der Waals surface area contributed by atoms with Crippen molar-refractivity contribution in [1.29, 1.82) is 0 Å². The third-order valence-electron chi connectivity index (χ3n) is 5.21. The molecule has 1 aromatic heterocycles. The molecule has 14 nitrogen and oxygen atoms in total. The molecule has 14 heteroatoms. The molecule has 0 fully saturated rings. The molecule has 6 unspecified atom stereocenters. The van der Waals surface area contributed by atoms with Crippen LogP contribution in [0.25, 0.3) is 0 Å².